The third kappa shape index (κ3) is 5.82. The van der Waals surface area contributed by atoms with E-state index in [1.165, 1.54) is 30.0 Å². The summed E-state index contributed by atoms with van der Waals surface area (Å²) in [4.78, 5) is 22.6. The molecule has 3 rings (SSSR count). The Bertz CT molecular complexity index is 1090. The van der Waals surface area contributed by atoms with Crippen molar-refractivity contribution in [2.24, 2.45) is 7.05 Å². The van der Waals surface area contributed by atoms with Crippen LogP contribution in [0.15, 0.2) is 47.6 Å². The molecule has 1 amide bonds. The average Bonchev–Trinajstić information content (AvgIpc) is 3.06. The summed E-state index contributed by atoms with van der Waals surface area (Å²) >= 11 is 1.22. The van der Waals surface area contributed by atoms with Gasteiger partial charge in [0.25, 0.3) is 5.69 Å². The van der Waals surface area contributed by atoms with Gasteiger partial charge < -0.3 is 14.6 Å². The van der Waals surface area contributed by atoms with Gasteiger partial charge in [-0.2, -0.15) is 0 Å². The normalized spacial score (nSPS) is 11.7. The predicted octanol–water partition coefficient (Wildman–Crippen LogP) is 4.21. The van der Waals surface area contributed by atoms with Crippen LogP contribution in [0.5, 0.6) is 5.75 Å². The Balaban J connectivity index is 1.60. The van der Waals surface area contributed by atoms with E-state index in [9.17, 15) is 14.9 Å². The number of carbonyl (C=O) groups is 1. The monoisotopic (exact) mass is 441 g/mol. The van der Waals surface area contributed by atoms with Gasteiger partial charge in [0.15, 0.2) is 17.1 Å². The number of rotatable bonds is 8. The van der Waals surface area contributed by atoms with Crippen LogP contribution in [0.2, 0.25) is 0 Å². The van der Waals surface area contributed by atoms with E-state index < -0.39 is 4.92 Å². The van der Waals surface area contributed by atoms with Crippen molar-refractivity contribution in [3.05, 3.63) is 69.5 Å². The molecule has 0 aliphatic heterocycles. The van der Waals surface area contributed by atoms with Crippen molar-refractivity contribution in [1.82, 2.24) is 14.8 Å². The summed E-state index contributed by atoms with van der Waals surface area (Å²) in [6.45, 7) is 5.92. The van der Waals surface area contributed by atoms with Crippen LogP contribution in [0.25, 0.3) is 0 Å². The molecule has 31 heavy (non-hydrogen) atoms. The molecule has 0 bridgehead atoms. The third-order valence-electron chi connectivity index (χ3n) is 4.41. The highest BCUT2D eigenvalue weighted by Gasteiger charge is 2.18. The Morgan fingerprint density at radius 1 is 1.23 bits per heavy atom. The van der Waals surface area contributed by atoms with Crippen molar-refractivity contribution in [1.29, 1.82) is 0 Å². The van der Waals surface area contributed by atoms with E-state index in [1.807, 2.05) is 40.0 Å². The first-order chi connectivity index (χ1) is 14.7. The number of ether oxygens (including phenoxy) is 1. The van der Waals surface area contributed by atoms with Gasteiger partial charge >= 0.3 is 0 Å². The number of nitro benzene ring substituents is 1. The number of anilines is 1. The van der Waals surface area contributed by atoms with E-state index >= 15 is 0 Å². The fraction of sp³-hybridized carbons (Fsp3) is 0.286. The summed E-state index contributed by atoms with van der Waals surface area (Å²) in [5.74, 6) is 1.19. The molecule has 0 spiro atoms. The first-order valence-corrected chi connectivity index (χ1v) is 10.5. The Hall–Kier alpha value is -3.40. The second kappa shape index (κ2) is 9.61. The summed E-state index contributed by atoms with van der Waals surface area (Å²) in [5, 5.41) is 22.4. The third-order valence-corrected chi connectivity index (χ3v) is 5.43. The van der Waals surface area contributed by atoms with Gasteiger partial charge in [0.1, 0.15) is 5.75 Å². The van der Waals surface area contributed by atoms with Crippen LogP contribution in [0.4, 0.5) is 11.4 Å². The molecule has 0 aliphatic carbocycles. The largest absolute Gasteiger partial charge is 0.483 e. The number of aromatic nitrogens is 3. The molecular weight excluding hydrogens is 418 g/mol. The van der Waals surface area contributed by atoms with Crippen LogP contribution in [0.1, 0.15) is 30.0 Å². The maximum atomic E-state index is 12.2. The molecule has 1 N–H and O–H groups in total. The number of carbonyl (C=O) groups excluding carboxylic acids is 1. The van der Waals surface area contributed by atoms with Gasteiger partial charge in [0, 0.05) is 24.9 Å². The zero-order valence-corrected chi connectivity index (χ0v) is 18.5. The zero-order chi connectivity index (χ0) is 22.5. The molecular formula is C21H23N5O4S. The van der Waals surface area contributed by atoms with Crippen LogP contribution in [0.3, 0.4) is 0 Å². The molecule has 1 heterocycles. The van der Waals surface area contributed by atoms with Crippen molar-refractivity contribution in [3.8, 4) is 5.75 Å². The highest BCUT2D eigenvalue weighted by Crippen LogP contribution is 2.25. The highest BCUT2D eigenvalue weighted by atomic mass is 32.2. The average molecular weight is 442 g/mol. The van der Waals surface area contributed by atoms with Crippen LogP contribution in [-0.2, 0) is 11.8 Å². The standard InChI is InChI=1S/C21H23N5O4S/c1-13-8-14(2)10-18(9-13)30-15(3)20-23-24-21(25(20)4)31-12-19(27)22-16-6-5-7-17(11-16)26(28)29/h5-11,15H,12H2,1-4H3,(H,22,27). The van der Waals surface area contributed by atoms with Gasteiger partial charge in [-0.3, -0.25) is 14.9 Å². The van der Waals surface area contributed by atoms with Crippen molar-refractivity contribution >= 4 is 29.0 Å². The minimum absolute atomic E-state index is 0.0822. The Labute approximate surface area is 184 Å². The second-order valence-electron chi connectivity index (χ2n) is 7.13. The summed E-state index contributed by atoms with van der Waals surface area (Å²) in [6.07, 6.45) is -0.327. The summed E-state index contributed by atoms with van der Waals surface area (Å²) in [5.41, 5.74) is 2.52. The summed E-state index contributed by atoms with van der Waals surface area (Å²) in [7, 11) is 1.82. The fourth-order valence-corrected chi connectivity index (χ4v) is 3.81. The van der Waals surface area contributed by atoms with Gasteiger partial charge in [-0.25, -0.2) is 0 Å². The SMILES string of the molecule is Cc1cc(C)cc(OC(C)c2nnc(SCC(=O)Nc3cccc([N+](=O)[O-])c3)n2C)c1. The van der Waals surface area contributed by atoms with E-state index in [0.717, 1.165) is 16.9 Å². The number of nitrogens with zero attached hydrogens (tertiary/aromatic N) is 4. The van der Waals surface area contributed by atoms with Gasteiger partial charge in [0.05, 0.1) is 10.7 Å². The number of nitrogens with one attached hydrogen (secondary N) is 1. The van der Waals surface area contributed by atoms with Crippen molar-refractivity contribution in [2.75, 3.05) is 11.1 Å². The minimum Gasteiger partial charge on any atom is -0.483 e. The van der Waals surface area contributed by atoms with E-state index in [2.05, 4.69) is 21.6 Å². The number of aryl methyl sites for hydroxylation is 2. The Kier molecular flexibility index (Phi) is 6.91. The second-order valence-corrected chi connectivity index (χ2v) is 8.07. The van der Waals surface area contributed by atoms with Crippen molar-refractivity contribution in [2.45, 2.75) is 32.0 Å². The summed E-state index contributed by atoms with van der Waals surface area (Å²) in [6, 6.07) is 11.8. The number of benzene rings is 2. The van der Waals surface area contributed by atoms with Crippen LogP contribution in [0, 0.1) is 24.0 Å². The lowest BCUT2D eigenvalue weighted by molar-refractivity contribution is -0.384. The number of nitro groups is 1. The number of amides is 1. The predicted molar refractivity (Wildman–Crippen MR) is 118 cm³/mol. The van der Waals surface area contributed by atoms with E-state index in [4.69, 9.17) is 4.74 Å². The van der Waals surface area contributed by atoms with Gasteiger partial charge in [-0.15, -0.1) is 10.2 Å². The first kappa shape index (κ1) is 22.3. The number of non-ortho nitro benzene ring substituents is 1. The van der Waals surface area contributed by atoms with Crippen molar-refractivity contribution < 1.29 is 14.5 Å². The Morgan fingerprint density at radius 3 is 2.61 bits per heavy atom. The lowest BCUT2D eigenvalue weighted by Crippen LogP contribution is -2.15. The minimum atomic E-state index is -0.507. The quantitative estimate of drug-likeness (QED) is 0.316. The molecule has 2 aromatic carbocycles. The summed E-state index contributed by atoms with van der Waals surface area (Å²) < 4.78 is 7.81. The van der Waals surface area contributed by atoms with Crippen molar-refractivity contribution in [3.63, 3.8) is 0 Å². The van der Waals surface area contributed by atoms with Gasteiger partial charge in [0.2, 0.25) is 5.91 Å². The van der Waals surface area contributed by atoms with E-state index in [-0.39, 0.29) is 23.5 Å². The Morgan fingerprint density at radius 2 is 1.94 bits per heavy atom. The molecule has 1 atom stereocenters. The lowest BCUT2D eigenvalue weighted by atomic mass is 10.1. The van der Waals surface area contributed by atoms with Gasteiger partial charge in [-0.05, 0) is 50.1 Å². The zero-order valence-electron chi connectivity index (χ0n) is 17.7. The highest BCUT2D eigenvalue weighted by molar-refractivity contribution is 7.99. The lowest BCUT2D eigenvalue weighted by Gasteiger charge is -2.15. The van der Waals surface area contributed by atoms with E-state index in [1.54, 1.807) is 10.6 Å². The number of hydrogen-bond acceptors (Lipinski definition) is 7. The molecule has 1 unspecified atom stereocenters. The van der Waals surface area contributed by atoms with Crippen LogP contribution >= 0.6 is 11.8 Å². The molecule has 162 valence electrons. The molecule has 10 heteroatoms. The maximum absolute atomic E-state index is 12.2. The molecule has 9 nitrogen and oxygen atoms in total. The molecule has 0 saturated heterocycles. The molecule has 3 aromatic rings. The smallest absolute Gasteiger partial charge is 0.271 e. The number of hydrogen-bond donors (Lipinski definition) is 1. The maximum Gasteiger partial charge on any atom is 0.271 e. The fourth-order valence-electron chi connectivity index (χ4n) is 3.09. The van der Waals surface area contributed by atoms with Crippen LogP contribution in [-0.4, -0.2) is 31.3 Å². The number of thioether (sulfide) groups is 1. The first-order valence-electron chi connectivity index (χ1n) is 9.54. The van der Waals surface area contributed by atoms with Crippen LogP contribution < -0.4 is 10.1 Å². The van der Waals surface area contributed by atoms with E-state index in [0.29, 0.717) is 16.7 Å². The van der Waals surface area contributed by atoms with Gasteiger partial charge in [-0.1, -0.05) is 23.9 Å². The molecule has 0 fully saturated rings. The molecule has 0 aliphatic rings. The topological polar surface area (TPSA) is 112 Å². The molecule has 1 aromatic heterocycles. The molecule has 0 saturated carbocycles. The molecule has 0 radical (unpaired) electrons.